The van der Waals surface area contributed by atoms with Crippen LogP contribution in [0.3, 0.4) is 0 Å². The normalized spacial score (nSPS) is 11.9. The predicted octanol–water partition coefficient (Wildman–Crippen LogP) is 6.17. The Balaban J connectivity index is 1.47. The van der Waals surface area contributed by atoms with Crippen molar-refractivity contribution in [3.05, 3.63) is 82.9 Å². The van der Waals surface area contributed by atoms with Gasteiger partial charge in [-0.1, -0.05) is 12.1 Å². The van der Waals surface area contributed by atoms with Gasteiger partial charge in [0, 0.05) is 23.3 Å². The zero-order chi connectivity index (χ0) is 26.8. The minimum Gasteiger partial charge on any atom is -0.508 e. The topological polar surface area (TPSA) is 97.6 Å². The highest BCUT2D eigenvalue weighted by atomic mass is 16.5. The minimum atomic E-state index is 0.0967. The largest absolute Gasteiger partial charge is 0.508 e. The summed E-state index contributed by atoms with van der Waals surface area (Å²) in [6.07, 6.45) is 2.70. The molecule has 196 valence electrons. The van der Waals surface area contributed by atoms with Crippen molar-refractivity contribution in [2.24, 2.45) is 0 Å². The van der Waals surface area contributed by atoms with E-state index in [2.05, 4.69) is 0 Å². The van der Waals surface area contributed by atoms with Gasteiger partial charge in [-0.05, 0) is 84.3 Å². The van der Waals surface area contributed by atoms with Crippen LogP contribution < -0.4 is 18.9 Å². The van der Waals surface area contributed by atoms with Crippen LogP contribution in [0.15, 0.2) is 60.7 Å². The summed E-state index contributed by atoms with van der Waals surface area (Å²) in [5.74, 6) is 3.04. The Bertz CT molecular complexity index is 1490. The van der Waals surface area contributed by atoms with Crippen molar-refractivity contribution in [1.29, 1.82) is 0 Å². The lowest BCUT2D eigenvalue weighted by atomic mass is 9.84. The highest BCUT2D eigenvalue weighted by Gasteiger charge is 2.27. The first-order chi connectivity index (χ1) is 18.4. The molecule has 0 aliphatic heterocycles. The van der Waals surface area contributed by atoms with Crippen LogP contribution in [-0.2, 0) is 25.7 Å². The second-order valence-corrected chi connectivity index (χ2v) is 9.25. The summed E-state index contributed by atoms with van der Waals surface area (Å²) < 4.78 is 22.8. The van der Waals surface area contributed by atoms with E-state index in [1.54, 1.807) is 44.6 Å². The predicted molar refractivity (Wildman–Crippen MR) is 144 cm³/mol. The van der Waals surface area contributed by atoms with E-state index in [1.165, 1.54) is 7.11 Å². The average Bonchev–Trinajstić information content (AvgIpc) is 2.92. The van der Waals surface area contributed by atoms with Gasteiger partial charge in [-0.15, -0.1) is 0 Å². The maximum Gasteiger partial charge on any atom is 0.169 e. The Hall–Kier alpha value is -4.52. The van der Waals surface area contributed by atoms with Crippen molar-refractivity contribution in [1.82, 2.24) is 0 Å². The molecule has 3 N–H and O–H groups in total. The summed E-state index contributed by atoms with van der Waals surface area (Å²) in [7, 11) is 4.68. The lowest BCUT2D eigenvalue weighted by Gasteiger charge is -2.25. The van der Waals surface area contributed by atoms with Gasteiger partial charge < -0.3 is 34.3 Å². The fourth-order valence-corrected chi connectivity index (χ4v) is 5.01. The third-order valence-corrected chi connectivity index (χ3v) is 6.89. The molecule has 0 heterocycles. The van der Waals surface area contributed by atoms with Gasteiger partial charge >= 0.3 is 0 Å². The van der Waals surface area contributed by atoms with Crippen LogP contribution in [-0.4, -0.2) is 36.6 Å². The first-order valence-corrected chi connectivity index (χ1v) is 12.4. The number of ether oxygens (including phenoxy) is 4. The Morgan fingerprint density at radius 1 is 0.632 bits per heavy atom. The van der Waals surface area contributed by atoms with Crippen LogP contribution >= 0.6 is 0 Å². The Morgan fingerprint density at radius 2 is 1.42 bits per heavy atom. The van der Waals surface area contributed by atoms with Crippen LogP contribution in [0, 0.1) is 0 Å². The van der Waals surface area contributed by atoms with Crippen molar-refractivity contribution >= 4 is 0 Å². The molecule has 0 saturated heterocycles. The van der Waals surface area contributed by atoms with Gasteiger partial charge in [-0.25, -0.2) is 0 Å². The Morgan fingerprint density at radius 3 is 2.18 bits per heavy atom. The van der Waals surface area contributed by atoms with E-state index < -0.39 is 0 Å². The molecule has 38 heavy (non-hydrogen) atoms. The maximum absolute atomic E-state index is 10.9. The number of fused-ring (bicyclic) bond motifs is 3. The van der Waals surface area contributed by atoms with Gasteiger partial charge in [0.05, 0.1) is 21.3 Å². The van der Waals surface area contributed by atoms with Gasteiger partial charge in [-0.2, -0.15) is 0 Å². The molecule has 0 amide bonds. The molecule has 4 aromatic carbocycles. The van der Waals surface area contributed by atoms with Crippen molar-refractivity contribution in [3.63, 3.8) is 0 Å². The van der Waals surface area contributed by atoms with E-state index in [-0.39, 0.29) is 17.2 Å². The van der Waals surface area contributed by atoms with Crippen molar-refractivity contribution < 1.29 is 34.3 Å². The SMILES string of the molecule is COc1cc(O)cc(CCc2ccc(Oc3cc(OC)c(O)c4c3-c3ccc(O)cc3CC4)c(OC)c2)c1. The van der Waals surface area contributed by atoms with E-state index in [0.717, 1.165) is 39.8 Å². The quantitative estimate of drug-likeness (QED) is 0.259. The van der Waals surface area contributed by atoms with E-state index in [4.69, 9.17) is 18.9 Å². The molecule has 7 nitrogen and oxygen atoms in total. The highest BCUT2D eigenvalue weighted by molar-refractivity contribution is 5.83. The van der Waals surface area contributed by atoms with E-state index in [0.29, 0.717) is 48.0 Å². The number of aromatic hydroxyl groups is 3. The number of hydrogen-bond donors (Lipinski definition) is 3. The number of benzene rings is 4. The van der Waals surface area contributed by atoms with Crippen molar-refractivity contribution in [2.45, 2.75) is 25.7 Å². The van der Waals surface area contributed by atoms with Crippen molar-refractivity contribution in [3.8, 4) is 57.1 Å². The fraction of sp³-hybridized carbons (Fsp3) is 0.226. The second kappa shape index (κ2) is 10.5. The summed E-state index contributed by atoms with van der Waals surface area (Å²) in [6.45, 7) is 0. The maximum atomic E-state index is 10.9. The molecule has 0 bridgehead atoms. The van der Waals surface area contributed by atoms with E-state index in [1.807, 2.05) is 30.3 Å². The number of phenols is 3. The number of hydrogen-bond acceptors (Lipinski definition) is 7. The summed E-state index contributed by atoms with van der Waals surface area (Å²) >= 11 is 0. The third kappa shape index (κ3) is 4.87. The summed E-state index contributed by atoms with van der Waals surface area (Å²) in [5, 5.41) is 30.8. The minimum absolute atomic E-state index is 0.0967. The zero-order valence-electron chi connectivity index (χ0n) is 21.6. The molecule has 1 aliphatic carbocycles. The molecular weight excluding hydrogens is 484 g/mol. The third-order valence-electron chi connectivity index (χ3n) is 6.89. The molecule has 0 radical (unpaired) electrons. The van der Waals surface area contributed by atoms with Gasteiger partial charge in [0.2, 0.25) is 0 Å². The van der Waals surface area contributed by atoms with E-state index >= 15 is 0 Å². The number of rotatable bonds is 8. The average molecular weight is 515 g/mol. The van der Waals surface area contributed by atoms with Crippen LogP contribution in [0.5, 0.6) is 46.0 Å². The molecular formula is C31H30O7. The molecule has 5 rings (SSSR count). The van der Waals surface area contributed by atoms with Gasteiger partial charge in [-0.3, -0.25) is 0 Å². The standard InChI is InChI=1S/C31H30O7/c1-35-23-13-19(12-22(33)16-23)5-4-18-6-11-26(27(14-18)36-2)38-28-17-29(37-3)31(34)25-9-7-20-15-21(32)8-10-24(20)30(25)28/h6,8,10-17,32-34H,4-5,7,9H2,1-3H3. The number of aryl methyl sites for hydroxylation is 3. The lowest BCUT2D eigenvalue weighted by molar-refractivity contribution is 0.361. The summed E-state index contributed by atoms with van der Waals surface area (Å²) in [5.41, 5.74) is 5.41. The highest BCUT2D eigenvalue weighted by Crippen LogP contribution is 2.50. The molecule has 7 heteroatoms. The van der Waals surface area contributed by atoms with Crippen molar-refractivity contribution in [2.75, 3.05) is 21.3 Å². The summed E-state index contributed by atoms with van der Waals surface area (Å²) in [4.78, 5) is 0. The molecule has 1 aliphatic rings. The van der Waals surface area contributed by atoms with Gasteiger partial charge in [0.1, 0.15) is 23.0 Å². The summed E-state index contributed by atoms with van der Waals surface area (Å²) in [6, 6.07) is 17.9. The zero-order valence-corrected chi connectivity index (χ0v) is 21.6. The number of methoxy groups -OCH3 is 3. The second-order valence-electron chi connectivity index (χ2n) is 9.25. The lowest BCUT2D eigenvalue weighted by Crippen LogP contribution is -2.07. The smallest absolute Gasteiger partial charge is 0.169 e. The van der Waals surface area contributed by atoms with Gasteiger partial charge in [0.15, 0.2) is 23.0 Å². The van der Waals surface area contributed by atoms with Crippen LogP contribution in [0.2, 0.25) is 0 Å². The molecule has 0 fully saturated rings. The number of phenolic OH excluding ortho intramolecular Hbond substituents is 3. The fourth-order valence-electron chi connectivity index (χ4n) is 5.01. The molecule has 0 aromatic heterocycles. The van der Waals surface area contributed by atoms with Crippen LogP contribution in [0.25, 0.3) is 11.1 Å². The monoisotopic (exact) mass is 514 g/mol. The van der Waals surface area contributed by atoms with Crippen LogP contribution in [0.1, 0.15) is 22.3 Å². The van der Waals surface area contributed by atoms with Gasteiger partial charge in [0.25, 0.3) is 0 Å². The molecule has 4 aromatic rings. The molecule has 0 saturated carbocycles. The molecule has 0 unspecified atom stereocenters. The van der Waals surface area contributed by atoms with Crippen LogP contribution in [0.4, 0.5) is 0 Å². The Kier molecular flexibility index (Phi) is 6.92. The van der Waals surface area contributed by atoms with E-state index in [9.17, 15) is 15.3 Å². The first kappa shape index (κ1) is 25.1. The molecule has 0 atom stereocenters. The molecule has 0 spiro atoms. The first-order valence-electron chi connectivity index (χ1n) is 12.4. The Labute approximate surface area is 221 Å².